The van der Waals surface area contributed by atoms with Gasteiger partial charge in [0.2, 0.25) is 5.89 Å². The minimum atomic E-state index is 0.247. The molecule has 1 N–H and O–H groups in total. The summed E-state index contributed by atoms with van der Waals surface area (Å²) >= 11 is 0. The van der Waals surface area contributed by atoms with Gasteiger partial charge >= 0.3 is 6.01 Å². The molecule has 22 heavy (non-hydrogen) atoms. The van der Waals surface area contributed by atoms with Gasteiger partial charge < -0.3 is 14.5 Å². The fraction of sp³-hybridized carbons (Fsp3) is 0.529. The maximum Gasteiger partial charge on any atom is 0.315 e. The fourth-order valence-electron chi connectivity index (χ4n) is 2.65. The van der Waals surface area contributed by atoms with E-state index < -0.39 is 0 Å². The smallest absolute Gasteiger partial charge is 0.315 e. The molecule has 0 atom stereocenters. The number of nitrogens with one attached hydrogen (secondary N) is 1. The number of benzene rings is 1. The number of nitrogens with zero attached hydrogens (tertiary/aromatic N) is 2. The van der Waals surface area contributed by atoms with Crippen LogP contribution in [-0.2, 0) is 17.6 Å². The van der Waals surface area contributed by atoms with E-state index in [1.165, 1.54) is 5.56 Å². The molecule has 1 saturated heterocycles. The van der Waals surface area contributed by atoms with Crippen LogP contribution in [0.5, 0.6) is 0 Å². The Balaban J connectivity index is 1.48. The van der Waals surface area contributed by atoms with Crippen LogP contribution >= 0.6 is 0 Å². The van der Waals surface area contributed by atoms with Crippen LogP contribution < -0.4 is 5.32 Å². The summed E-state index contributed by atoms with van der Waals surface area (Å²) in [6.07, 6.45) is 3.81. The van der Waals surface area contributed by atoms with Crippen LogP contribution in [0.15, 0.2) is 34.7 Å². The van der Waals surface area contributed by atoms with E-state index >= 15 is 0 Å². The zero-order valence-corrected chi connectivity index (χ0v) is 13.0. The summed E-state index contributed by atoms with van der Waals surface area (Å²) in [5.41, 5.74) is 1.53. The Morgan fingerprint density at radius 2 is 1.86 bits per heavy atom. The van der Waals surface area contributed by atoms with Gasteiger partial charge in [0.05, 0.1) is 0 Å². The van der Waals surface area contributed by atoms with Gasteiger partial charge in [-0.3, -0.25) is 0 Å². The standard InChI is InChI=1S/C17H23N3O2/c1-17(9-11-21-12-10-17)13-18-16-20-19-15(22-16)8-7-14-5-3-2-4-6-14/h2-6H,7-13H2,1H3,(H,18,20). The summed E-state index contributed by atoms with van der Waals surface area (Å²) in [5, 5.41) is 11.5. The van der Waals surface area contributed by atoms with Gasteiger partial charge in [-0.25, -0.2) is 0 Å². The first-order valence-electron chi connectivity index (χ1n) is 7.91. The van der Waals surface area contributed by atoms with Crippen LogP contribution in [0.3, 0.4) is 0 Å². The average Bonchev–Trinajstić information content (AvgIpc) is 3.01. The van der Waals surface area contributed by atoms with Crippen LogP contribution in [0.1, 0.15) is 31.2 Å². The minimum absolute atomic E-state index is 0.247. The van der Waals surface area contributed by atoms with E-state index in [4.69, 9.17) is 9.15 Å². The van der Waals surface area contributed by atoms with Crippen molar-refractivity contribution in [1.82, 2.24) is 10.2 Å². The zero-order valence-electron chi connectivity index (χ0n) is 13.0. The van der Waals surface area contributed by atoms with E-state index in [1.54, 1.807) is 0 Å². The highest BCUT2D eigenvalue weighted by atomic mass is 16.5. The fourth-order valence-corrected chi connectivity index (χ4v) is 2.65. The summed E-state index contributed by atoms with van der Waals surface area (Å²) < 4.78 is 11.1. The Hall–Kier alpha value is -1.88. The third-order valence-electron chi connectivity index (χ3n) is 4.30. The Morgan fingerprint density at radius 3 is 2.64 bits per heavy atom. The molecule has 1 fully saturated rings. The number of rotatable bonds is 6. The molecule has 2 heterocycles. The van der Waals surface area contributed by atoms with Crippen LogP contribution in [0.4, 0.5) is 6.01 Å². The lowest BCUT2D eigenvalue weighted by Crippen LogP contribution is -2.33. The monoisotopic (exact) mass is 301 g/mol. The van der Waals surface area contributed by atoms with Crippen molar-refractivity contribution >= 4 is 6.01 Å². The molecule has 0 radical (unpaired) electrons. The highest BCUT2D eigenvalue weighted by Gasteiger charge is 2.27. The van der Waals surface area contributed by atoms with Crippen molar-refractivity contribution in [2.45, 2.75) is 32.6 Å². The summed E-state index contributed by atoms with van der Waals surface area (Å²) in [5.74, 6) is 0.684. The summed E-state index contributed by atoms with van der Waals surface area (Å²) in [4.78, 5) is 0. The maximum absolute atomic E-state index is 5.68. The van der Waals surface area contributed by atoms with Gasteiger partial charge in [0.15, 0.2) is 0 Å². The molecular weight excluding hydrogens is 278 g/mol. The molecule has 0 amide bonds. The molecule has 0 unspecified atom stereocenters. The minimum Gasteiger partial charge on any atom is -0.408 e. The molecule has 118 valence electrons. The SMILES string of the molecule is CC1(CNc2nnc(CCc3ccccc3)o2)CCOCC1. The average molecular weight is 301 g/mol. The molecule has 1 aromatic carbocycles. The van der Waals surface area contributed by atoms with Gasteiger partial charge in [-0.15, -0.1) is 5.10 Å². The Morgan fingerprint density at radius 1 is 1.09 bits per heavy atom. The van der Waals surface area contributed by atoms with Crippen molar-refractivity contribution < 1.29 is 9.15 Å². The van der Waals surface area contributed by atoms with E-state index in [9.17, 15) is 0 Å². The van der Waals surface area contributed by atoms with Crippen LogP contribution in [-0.4, -0.2) is 30.0 Å². The third-order valence-corrected chi connectivity index (χ3v) is 4.30. The Labute approximate surface area is 131 Å². The molecule has 1 aliphatic rings. The second-order valence-electron chi connectivity index (χ2n) is 6.26. The lowest BCUT2D eigenvalue weighted by atomic mass is 9.82. The highest BCUT2D eigenvalue weighted by Crippen LogP contribution is 2.29. The lowest BCUT2D eigenvalue weighted by molar-refractivity contribution is 0.0298. The first kappa shape index (κ1) is 15.0. The molecule has 0 spiro atoms. The first-order chi connectivity index (χ1) is 10.7. The number of anilines is 1. The van der Waals surface area contributed by atoms with Crippen LogP contribution in [0, 0.1) is 5.41 Å². The summed E-state index contributed by atoms with van der Waals surface area (Å²) in [7, 11) is 0. The molecule has 1 aliphatic heterocycles. The predicted molar refractivity (Wildman–Crippen MR) is 84.8 cm³/mol. The van der Waals surface area contributed by atoms with E-state index in [0.717, 1.165) is 45.4 Å². The van der Waals surface area contributed by atoms with Gasteiger partial charge in [-0.2, -0.15) is 0 Å². The van der Waals surface area contributed by atoms with Gasteiger partial charge in [-0.05, 0) is 30.2 Å². The summed E-state index contributed by atoms with van der Waals surface area (Å²) in [6, 6.07) is 10.9. The van der Waals surface area contributed by atoms with Crippen molar-refractivity contribution in [3.63, 3.8) is 0 Å². The first-order valence-corrected chi connectivity index (χ1v) is 7.91. The molecule has 0 bridgehead atoms. The molecule has 5 heteroatoms. The number of ether oxygens (including phenoxy) is 1. The molecule has 5 nitrogen and oxygen atoms in total. The number of aromatic nitrogens is 2. The molecule has 3 rings (SSSR count). The van der Waals surface area contributed by atoms with Gasteiger partial charge in [0.1, 0.15) is 0 Å². The predicted octanol–water partition coefficient (Wildman–Crippen LogP) is 3.08. The summed E-state index contributed by atoms with van der Waals surface area (Å²) in [6.45, 7) is 4.79. The highest BCUT2D eigenvalue weighted by molar-refractivity contribution is 5.19. The second kappa shape index (κ2) is 6.92. The normalized spacial score (nSPS) is 17.3. The molecular formula is C17H23N3O2. The van der Waals surface area contributed by atoms with Crippen molar-refractivity contribution in [3.8, 4) is 0 Å². The Bertz CT molecular complexity index is 577. The lowest BCUT2D eigenvalue weighted by Gasteiger charge is -2.33. The number of hydrogen-bond donors (Lipinski definition) is 1. The van der Waals surface area contributed by atoms with Gasteiger partial charge in [0.25, 0.3) is 0 Å². The largest absolute Gasteiger partial charge is 0.408 e. The van der Waals surface area contributed by atoms with E-state index in [2.05, 4.69) is 34.6 Å². The van der Waals surface area contributed by atoms with Crippen LogP contribution in [0.25, 0.3) is 0 Å². The van der Waals surface area contributed by atoms with Crippen molar-refractivity contribution in [1.29, 1.82) is 0 Å². The zero-order chi connectivity index (χ0) is 15.3. The molecule has 2 aromatic rings. The second-order valence-corrected chi connectivity index (χ2v) is 6.26. The topological polar surface area (TPSA) is 60.2 Å². The number of aryl methyl sites for hydroxylation is 2. The Kier molecular flexibility index (Phi) is 4.73. The quantitative estimate of drug-likeness (QED) is 0.888. The van der Waals surface area contributed by atoms with Crippen molar-refractivity contribution in [2.75, 3.05) is 25.1 Å². The third kappa shape index (κ3) is 4.07. The van der Waals surface area contributed by atoms with Crippen LogP contribution in [0.2, 0.25) is 0 Å². The molecule has 0 aliphatic carbocycles. The van der Waals surface area contributed by atoms with Gasteiger partial charge in [-0.1, -0.05) is 42.4 Å². The van der Waals surface area contributed by atoms with E-state index in [1.807, 2.05) is 18.2 Å². The van der Waals surface area contributed by atoms with Crippen molar-refractivity contribution in [3.05, 3.63) is 41.8 Å². The number of hydrogen-bond acceptors (Lipinski definition) is 5. The van der Waals surface area contributed by atoms with E-state index in [-0.39, 0.29) is 5.41 Å². The molecule has 0 saturated carbocycles. The van der Waals surface area contributed by atoms with Gasteiger partial charge in [0, 0.05) is 26.2 Å². The maximum atomic E-state index is 5.68. The van der Waals surface area contributed by atoms with E-state index in [0.29, 0.717) is 11.9 Å². The molecule has 1 aromatic heterocycles. The van der Waals surface area contributed by atoms with Crippen molar-refractivity contribution in [2.24, 2.45) is 5.41 Å².